The van der Waals surface area contributed by atoms with Gasteiger partial charge in [0.25, 0.3) is 0 Å². The summed E-state index contributed by atoms with van der Waals surface area (Å²) in [5, 5.41) is 0. The number of ether oxygens (including phenoxy) is 1. The maximum Gasteiger partial charge on any atom is 0.239 e. The van der Waals surface area contributed by atoms with Crippen molar-refractivity contribution in [2.45, 2.75) is 39.3 Å². The number of rotatable bonds is 7. The van der Waals surface area contributed by atoms with Crippen LogP contribution in [0.1, 0.15) is 32.3 Å². The van der Waals surface area contributed by atoms with E-state index in [0.29, 0.717) is 26.2 Å². The number of likely N-dealkylation sites (tertiary alicyclic amines) is 1. The Morgan fingerprint density at radius 3 is 2.64 bits per heavy atom. The summed E-state index contributed by atoms with van der Waals surface area (Å²) in [4.78, 5) is 28.0. The summed E-state index contributed by atoms with van der Waals surface area (Å²) in [6.07, 6.45) is 1.60. The van der Waals surface area contributed by atoms with Crippen LogP contribution < -0.4 is 10.5 Å². The lowest BCUT2D eigenvalue weighted by Gasteiger charge is -2.35. The van der Waals surface area contributed by atoms with E-state index in [2.05, 4.69) is 0 Å². The van der Waals surface area contributed by atoms with Gasteiger partial charge in [-0.15, -0.1) is 0 Å². The molecule has 1 aliphatic rings. The molecule has 6 nitrogen and oxygen atoms in total. The van der Waals surface area contributed by atoms with Gasteiger partial charge >= 0.3 is 0 Å². The molecule has 6 heteroatoms. The monoisotopic (exact) mass is 347 g/mol. The molecule has 2 atom stereocenters. The van der Waals surface area contributed by atoms with Crippen LogP contribution in [0, 0.1) is 5.92 Å². The Labute approximate surface area is 149 Å². The molecule has 0 spiro atoms. The van der Waals surface area contributed by atoms with E-state index in [1.807, 2.05) is 50.1 Å². The highest BCUT2D eigenvalue weighted by atomic mass is 16.5. The largest absolute Gasteiger partial charge is 0.494 e. The summed E-state index contributed by atoms with van der Waals surface area (Å²) >= 11 is 0. The molecule has 1 heterocycles. The number of piperidine rings is 1. The fraction of sp³-hybridized carbons (Fsp3) is 0.579. The molecule has 0 aromatic heterocycles. The van der Waals surface area contributed by atoms with Gasteiger partial charge < -0.3 is 15.4 Å². The molecular weight excluding hydrogens is 318 g/mol. The lowest BCUT2D eigenvalue weighted by Crippen LogP contribution is -2.50. The molecular formula is C19H29N3O3. The van der Waals surface area contributed by atoms with Gasteiger partial charge in [-0.25, -0.2) is 0 Å². The predicted octanol–water partition coefficient (Wildman–Crippen LogP) is 1.63. The molecule has 1 saturated heterocycles. The van der Waals surface area contributed by atoms with Gasteiger partial charge in [-0.1, -0.05) is 12.1 Å². The quantitative estimate of drug-likeness (QED) is 0.813. The summed E-state index contributed by atoms with van der Waals surface area (Å²) in [6.45, 7) is 6.32. The lowest BCUT2D eigenvalue weighted by atomic mass is 9.97. The van der Waals surface area contributed by atoms with Crippen molar-refractivity contribution in [3.8, 4) is 5.75 Å². The van der Waals surface area contributed by atoms with Crippen LogP contribution in [-0.2, 0) is 16.1 Å². The van der Waals surface area contributed by atoms with E-state index in [4.69, 9.17) is 10.5 Å². The molecule has 2 N–H and O–H groups in total. The van der Waals surface area contributed by atoms with Crippen molar-refractivity contribution >= 4 is 11.8 Å². The minimum absolute atomic E-state index is 0.0550. The summed E-state index contributed by atoms with van der Waals surface area (Å²) < 4.78 is 5.45. The van der Waals surface area contributed by atoms with Crippen molar-refractivity contribution in [2.24, 2.45) is 11.7 Å². The van der Waals surface area contributed by atoms with Crippen LogP contribution in [-0.4, -0.2) is 54.4 Å². The molecule has 0 bridgehead atoms. The maximum atomic E-state index is 12.7. The third-order valence-corrected chi connectivity index (χ3v) is 4.82. The second-order valence-corrected chi connectivity index (χ2v) is 6.69. The number of nitrogens with two attached hydrogens (primary N) is 1. The molecule has 1 aliphatic heterocycles. The van der Waals surface area contributed by atoms with Gasteiger partial charge in [-0.05, 0) is 51.4 Å². The topological polar surface area (TPSA) is 75.9 Å². The molecule has 0 aliphatic carbocycles. The SMILES string of the molecule is CCOc1ccc(CN(C)[C@@H](C)C(=O)N2CCC[C@H](C(N)=O)C2)cc1. The zero-order chi connectivity index (χ0) is 18.4. The number of primary amides is 1. The van der Waals surface area contributed by atoms with E-state index in [9.17, 15) is 9.59 Å². The fourth-order valence-electron chi connectivity index (χ4n) is 3.14. The van der Waals surface area contributed by atoms with Crippen LogP contribution in [0.3, 0.4) is 0 Å². The highest BCUT2D eigenvalue weighted by Crippen LogP contribution is 2.19. The molecule has 138 valence electrons. The van der Waals surface area contributed by atoms with Crippen LogP contribution in [0.25, 0.3) is 0 Å². The molecule has 0 unspecified atom stereocenters. The number of carbonyl (C=O) groups excluding carboxylic acids is 2. The Hall–Kier alpha value is -2.08. The molecule has 1 aromatic carbocycles. The summed E-state index contributed by atoms with van der Waals surface area (Å²) in [5.74, 6) is 0.373. The molecule has 0 radical (unpaired) electrons. The third-order valence-electron chi connectivity index (χ3n) is 4.82. The van der Waals surface area contributed by atoms with Crippen molar-refractivity contribution in [1.82, 2.24) is 9.80 Å². The number of hydrogen-bond donors (Lipinski definition) is 1. The highest BCUT2D eigenvalue weighted by molar-refractivity contribution is 5.83. The third kappa shape index (κ3) is 5.19. The smallest absolute Gasteiger partial charge is 0.239 e. The number of hydrogen-bond acceptors (Lipinski definition) is 4. The Morgan fingerprint density at radius 2 is 2.04 bits per heavy atom. The molecule has 0 saturated carbocycles. The summed E-state index contributed by atoms with van der Waals surface area (Å²) in [7, 11) is 1.94. The van der Waals surface area contributed by atoms with Gasteiger partial charge in [0, 0.05) is 19.6 Å². The molecule has 1 aromatic rings. The van der Waals surface area contributed by atoms with E-state index in [1.165, 1.54) is 0 Å². The zero-order valence-corrected chi connectivity index (χ0v) is 15.4. The summed E-state index contributed by atoms with van der Waals surface area (Å²) in [6, 6.07) is 7.67. The predicted molar refractivity (Wildman–Crippen MR) is 97.0 cm³/mol. The first-order chi connectivity index (χ1) is 11.9. The zero-order valence-electron chi connectivity index (χ0n) is 15.4. The summed E-state index contributed by atoms with van der Waals surface area (Å²) in [5.41, 5.74) is 6.53. The number of nitrogens with zero attached hydrogens (tertiary/aromatic N) is 2. The van der Waals surface area contributed by atoms with Gasteiger partial charge in [-0.2, -0.15) is 0 Å². The average Bonchev–Trinajstić information content (AvgIpc) is 2.62. The number of amides is 2. The number of benzene rings is 1. The average molecular weight is 347 g/mol. The minimum atomic E-state index is -0.312. The van der Waals surface area contributed by atoms with E-state index in [1.54, 1.807) is 4.90 Å². The van der Waals surface area contributed by atoms with Gasteiger partial charge in [0.15, 0.2) is 0 Å². The Kier molecular flexibility index (Phi) is 6.82. The van der Waals surface area contributed by atoms with Crippen molar-refractivity contribution in [2.75, 3.05) is 26.7 Å². The van der Waals surface area contributed by atoms with Crippen LogP contribution in [0.4, 0.5) is 0 Å². The second kappa shape index (κ2) is 8.85. The standard InChI is InChI=1S/C19H29N3O3/c1-4-25-17-9-7-15(8-10-17)12-21(3)14(2)19(24)22-11-5-6-16(13-22)18(20)23/h7-10,14,16H,4-6,11-13H2,1-3H3,(H2,20,23)/t14-,16-/m0/s1. The van der Waals surface area contributed by atoms with E-state index in [0.717, 1.165) is 24.2 Å². The molecule has 2 amide bonds. The van der Waals surface area contributed by atoms with E-state index in [-0.39, 0.29) is 23.8 Å². The van der Waals surface area contributed by atoms with Gasteiger partial charge in [0.05, 0.1) is 18.6 Å². The van der Waals surface area contributed by atoms with Crippen molar-refractivity contribution in [3.05, 3.63) is 29.8 Å². The van der Waals surface area contributed by atoms with Crippen LogP contribution in [0.2, 0.25) is 0 Å². The van der Waals surface area contributed by atoms with Crippen LogP contribution >= 0.6 is 0 Å². The normalized spacial score (nSPS) is 18.9. The Balaban J connectivity index is 1.92. The first kappa shape index (κ1) is 19.2. The number of carbonyl (C=O) groups is 2. The first-order valence-electron chi connectivity index (χ1n) is 8.92. The Bertz CT molecular complexity index is 588. The van der Waals surface area contributed by atoms with Gasteiger partial charge in [-0.3, -0.25) is 14.5 Å². The van der Waals surface area contributed by atoms with Crippen LogP contribution in [0.15, 0.2) is 24.3 Å². The Morgan fingerprint density at radius 1 is 1.36 bits per heavy atom. The van der Waals surface area contributed by atoms with Crippen molar-refractivity contribution < 1.29 is 14.3 Å². The van der Waals surface area contributed by atoms with E-state index >= 15 is 0 Å². The lowest BCUT2D eigenvalue weighted by molar-refractivity contribution is -0.139. The van der Waals surface area contributed by atoms with Gasteiger partial charge in [0.1, 0.15) is 5.75 Å². The molecule has 2 rings (SSSR count). The van der Waals surface area contributed by atoms with Crippen LogP contribution in [0.5, 0.6) is 5.75 Å². The van der Waals surface area contributed by atoms with Crippen molar-refractivity contribution in [3.63, 3.8) is 0 Å². The highest BCUT2D eigenvalue weighted by Gasteiger charge is 2.30. The van der Waals surface area contributed by atoms with E-state index < -0.39 is 0 Å². The molecule has 25 heavy (non-hydrogen) atoms. The fourth-order valence-corrected chi connectivity index (χ4v) is 3.14. The second-order valence-electron chi connectivity index (χ2n) is 6.69. The minimum Gasteiger partial charge on any atom is -0.494 e. The molecule has 1 fully saturated rings. The number of likely N-dealkylation sites (N-methyl/N-ethyl adjacent to an activating group) is 1. The van der Waals surface area contributed by atoms with Gasteiger partial charge in [0.2, 0.25) is 11.8 Å². The van der Waals surface area contributed by atoms with Crippen molar-refractivity contribution in [1.29, 1.82) is 0 Å². The first-order valence-corrected chi connectivity index (χ1v) is 8.92. The maximum absolute atomic E-state index is 12.7.